The normalized spacial score (nSPS) is 31.5. The van der Waals surface area contributed by atoms with Crippen LogP contribution in [0.1, 0.15) is 98.8 Å². The van der Waals surface area contributed by atoms with Gasteiger partial charge in [-0.1, -0.05) is 107 Å². The van der Waals surface area contributed by atoms with Crippen molar-refractivity contribution in [3.63, 3.8) is 0 Å². The second-order valence-electron chi connectivity index (χ2n) is 24.1. The van der Waals surface area contributed by atoms with Gasteiger partial charge in [-0.15, -0.1) is 0 Å². The van der Waals surface area contributed by atoms with Crippen LogP contribution in [0.2, 0.25) is 5.02 Å². The highest BCUT2D eigenvalue weighted by molar-refractivity contribution is 6.32. The molecule has 5 aliphatic rings. The van der Waals surface area contributed by atoms with E-state index >= 15 is 0 Å². The molecule has 1 saturated carbocycles. The molecule has 26 heteroatoms. The first-order valence-electron chi connectivity index (χ1n) is 29.9. The van der Waals surface area contributed by atoms with Gasteiger partial charge in [-0.2, -0.15) is 0 Å². The number of carboxylic acids is 2. The van der Waals surface area contributed by atoms with E-state index in [-0.39, 0.29) is 76.6 Å². The zero-order chi connectivity index (χ0) is 68.6. The van der Waals surface area contributed by atoms with Gasteiger partial charge in [0.2, 0.25) is 17.7 Å². The van der Waals surface area contributed by atoms with Crippen molar-refractivity contribution in [2.24, 2.45) is 29.1 Å². The van der Waals surface area contributed by atoms with E-state index in [1.165, 1.54) is 78.1 Å². The Morgan fingerprint density at radius 3 is 2.15 bits per heavy atom. The predicted octanol–water partition coefficient (Wildman–Crippen LogP) is 3.43. The number of aliphatic carboxylic acids is 2. The largest absolute Gasteiger partial charge is 0.503 e. The lowest BCUT2D eigenvalue weighted by Crippen LogP contribution is -2.65. The molecule has 0 aromatic heterocycles. The van der Waals surface area contributed by atoms with Crippen molar-refractivity contribution < 1.29 is 88.1 Å². The van der Waals surface area contributed by atoms with Gasteiger partial charge >= 0.3 is 17.9 Å². The Bertz CT molecular complexity index is 3450. The number of hydrogen-bond donors (Lipinski definition) is 12. The van der Waals surface area contributed by atoms with Crippen molar-refractivity contribution in [3.05, 3.63) is 142 Å². The van der Waals surface area contributed by atoms with Crippen molar-refractivity contribution >= 4 is 70.7 Å². The summed E-state index contributed by atoms with van der Waals surface area (Å²) in [6.45, 7) is 21.8. The quantitative estimate of drug-likeness (QED) is 0.0732. The van der Waals surface area contributed by atoms with Crippen LogP contribution < -0.4 is 36.6 Å². The van der Waals surface area contributed by atoms with Crippen LogP contribution in [0.4, 0.5) is 0 Å². The maximum Gasteiger partial charge on any atom is 0.352 e. The topological polar surface area (TPSA) is 386 Å². The number of halogens is 1. The molecule has 15 atom stereocenters. The van der Waals surface area contributed by atoms with Gasteiger partial charge in [0, 0.05) is 37.3 Å². The second kappa shape index (κ2) is 29.7. The molecular weight excluding hydrogens is 1210 g/mol. The van der Waals surface area contributed by atoms with Gasteiger partial charge in [-0.25, -0.2) is 9.59 Å². The molecule has 1 saturated heterocycles. The Labute approximate surface area is 537 Å². The van der Waals surface area contributed by atoms with Gasteiger partial charge in [-0.3, -0.25) is 38.4 Å². The molecule has 6 amide bonds. The first kappa shape index (κ1) is 72.3. The molecule has 1 spiro atoms. The number of ether oxygens (including phenoxy) is 2. The number of phenolic OH excluding ortho intramolecular Hbond substituents is 1. The molecule has 2 fully saturated rings. The summed E-state index contributed by atoms with van der Waals surface area (Å²) in [6.07, 6.45) is 6.71. The number of carbonyl (C=O) groups excluding carboxylic acids is 8. The molecule has 7 rings (SSSR count). The number of fused-ring (bicyclic) bond motifs is 2. The number of aromatic hydroxyl groups is 1. The fraction of sp³-hybridized carbons (Fsp3) is 0.455. The van der Waals surface area contributed by atoms with Gasteiger partial charge in [0.1, 0.15) is 64.4 Å². The van der Waals surface area contributed by atoms with Gasteiger partial charge in [0.15, 0.2) is 17.3 Å². The number of phenols is 1. The number of hydrogen-bond acceptors (Lipinski definition) is 17. The first-order valence-corrected chi connectivity index (χ1v) is 30.3. The molecule has 12 N–H and O–H groups in total. The minimum Gasteiger partial charge on any atom is -0.503 e. The summed E-state index contributed by atoms with van der Waals surface area (Å²) in [4.78, 5) is 132. The number of Topliss-reactive ketones (excluding diaryl/α,β-unsaturated/α-hetero) is 1. The molecule has 25 nitrogen and oxygen atoms in total. The van der Waals surface area contributed by atoms with E-state index in [0.717, 1.165) is 10.5 Å². The highest BCUT2D eigenvalue weighted by atomic mass is 35.5. The van der Waals surface area contributed by atoms with Crippen molar-refractivity contribution in [1.82, 2.24) is 36.8 Å². The minimum atomic E-state index is -1.82. The molecule has 2 aromatic carbocycles. The van der Waals surface area contributed by atoms with E-state index in [1.807, 2.05) is 42.6 Å². The lowest BCUT2D eigenvalue weighted by molar-refractivity contribution is -0.166. The lowest BCUT2D eigenvalue weighted by atomic mass is 9.51. The van der Waals surface area contributed by atoms with Gasteiger partial charge in [0.25, 0.3) is 17.7 Å². The third-order valence-electron chi connectivity index (χ3n) is 17.7. The molecule has 92 heavy (non-hydrogen) atoms. The van der Waals surface area contributed by atoms with Crippen LogP contribution in [0.3, 0.4) is 0 Å². The zero-order valence-corrected chi connectivity index (χ0v) is 53.6. The summed E-state index contributed by atoms with van der Waals surface area (Å²) >= 11 is 6.33. The number of nitrogens with one attached hydrogen (secondary N) is 6. The van der Waals surface area contributed by atoms with Crippen molar-refractivity contribution in [1.29, 1.82) is 0 Å². The summed E-state index contributed by atoms with van der Waals surface area (Å²) in [7, 11) is 1.40. The standard InChI is InChI=1S/C36H45ClN6O12.C30H37NO6/c1-8-17(5)25(32(50)39-20(35(53)54)15-23(44)45)41-30(48)21-11-10-12-43(21)34(52)29-36(6,9-2)55-22-14-18(13-19(37)28(22)47)27(46)26(38-7)33(51)40-24(16(3)4)31(49)42-29;1-17-10-9-13-22-26(33)19(3)18(2)25-23(16-21-11-7-6-8-12-21)31-28(35)30(22,25)24(37-20(4)32)14-15-29(5,36)27(17)34/h10-11,13-15,21,24,26-27,29,38,46-47H,3,8-9,12H2,1-2,4-7H3,(H,39,50)(H,40,51)(H,41,48)(H,42,49)(H,44,45)(H,53,54);6-9,11-15,17-18,22-26,33,36H,3,10,16H2,1-2,4-5H3,(H,31,35)/b20-15+,25-17-;13-9+,15-14+/t21-,24?,26-,27-,29+,36+;17-,18+,22?,23?,24?,25-,26+,29?,30?/m00/s1. The number of benzene rings is 2. The number of rotatable bonds is 14. The maximum absolute atomic E-state index is 14.7. The molecule has 2 aromatic rings. The predicted molar refractivity (Wildman–Crippen MR) is 335 cm³/mol. The highest BCUT2D eigenvalue weighted by Gasteiger charge is 2.69. The summed E-state index contributed by atoms with van der Waals surface area (Å²) in [5.41, 5.74) is -4.17. The molecule has 3 aliphatic heterocycles. The minimum absolute atomic E-state index is 0.0204. The summed E-state index contributed by atoms with van der Waals surface area (Å²) < 4.78 is 12.1. The fourth-order valence-corrected chi connectivity index (χ4v) is 12.6. The number of amides is 6. The number of allylic oxidation sites excluding steroid dienone is 2. The zero-order valence-electron chi connectivity index (χ0n) is 52.9. The van der Waals surface area contributed by atoms with E-state index in [0.29, 0.717) is 18.4 Å². The Balaban J connectivity index is 0.000000314. The van der Waals surface area contributed by atoms with E-state index in [4.69, 9.17) is 26.2 Å². The van der Waals surface area contributed by atoms with Crippen LogP contribution >= 0.6 is 11.6 Å². The number of carbonyl (C=O) groups is 10. The first-order chi connectivity index (χ1) is 43.1. The van der Waals surface area contributed by atoms with Gasteiger partial charge in [0.05, 0.1) is 17.2 Å². The second-order valence-corrected chi connectivity index (χ2v) is 24.5. The molecule has 0 radical (unpaired) electrons. The van der Waals surface area contributed by atoms with Crippen molar-refractivity contribution in [3.8, 4) is 11.5 Å². The third kappa shape index (κ3) is 15.2. The van der Waals surface area contributed by atoms with E-state index in [9.17, 15) is 73.5 Å². The summed E-state index contributed by atoms with van der Waals surface area (Å²) in [5.74, 6) is -12.2. The van der Waals surface area contributed by atoms with Crippen LogP contribution in [0.25, 0.3) is 0 Å². The van der Waals surface area contributed by atoms with Crippen molar-refractivity contribution in [2.75, 3.05) is 13.6 Å². The van der Waals surface area contributed by atoms with E-state index in [1.54, 1.807) is 32.9 Å². The lowest BCUT2D eigenvalue weighted by Gasteiger charge is -2.52. The van der Waals surface area contributed by atoms with Crippen molar-refractivity contribution in [2.45, 2.75) is 148 Å². The Morgan fingerprint density at radius 1 is 0.902 bits per heavy atom. The Kier molecular flexibility index (Phi) is 23.3. The molecule has 3 heterocycles. The fourth-order valence-electron chi connectivity index (χ4n) is 12.4. The van der Waals surface area contributed by atoms with Crippen LogP contribution in [-0.2, 0) is 59.1 Å². The summed E-state index contributed by atoms with van der Waals surface area (Å²) in [6, 6.07) is 6.12. The number of nitrogens with zero attached hydrogens (tertiary/aromatic N) is 1. The van der Waals surface area contributed by atoms with Crippen LogP contribution in [0.5, 0.6) is 11.5 Å². The van der Waals surface area contributed by atoms with Gasteiger partial charge < -0.3 is 76.9 Å². The number of ketones is 1. The number of likely N-dealkylation sites (N-methyl/N-ethyl adjacent to an activating group) is 1. The third-order valence-corrected chi connectivity index (χ3v) is 18.0. The molecular formula is C66H82ClN7O18. The van der Waals surface area contributed by atoms with E-state index < -0.39 is 141 Å². The molecule has 496 valence electrons. The van der Waals surface area contributed by atoms with Crippen LogP contribution in [-0.4, -0.2) is 162 Å². The SMILES string of the molecule is C=C(C)C1NC(=O)[C@@H](NC)[C@@H](O)c2cc(Cl)c(O)c(c2)O[C@](C)(CC)[C@@H](C(=O)N2CC=C[C@H]2C(=O)N/C(C(=O)N/C(=C/C(=O)O)C(=O)O)=C(/C)CC)NC1=O.C=C1[C@@H](O)C2/C=C/C[C@H](C)C(=O)C(C)(O)/C=C/C(OC(C)=O)C23C(=O)NC(Cc2ccccc2)[C@@H]3[C@@H]1C. The number of carboxylic acid groups (broad SMARTS) is 2. The van der Waals surface area contributed by atoms with E-state index in [2.05, 4.69) is 39.7 Å². The highest BCUT2D eigenvalue weighted by Crippen LogP contribution is 2.59. The number of esters is 1. The summed E-state index contributed by atoms with van der Waals surface area (Å²) in [5, 5.41) is 78.2. The Hall–Kier alpha value is -8.75. The molecule has 2 aliphatic carbocycles. The Morgan fingerprint density at radius 2 is 1.57 bits per heavy atom. The average Bonchev–Trinajstić information content (AvgIpc) is 1.49. The maximum atomic E-state index is 14.7. The number of aliphatic hydroxyl groups excluding tert-OH is 2. The molecule has 2 bridgehead atoms. The molecule has 6 unspecified atom stereocenters. The van der Waals surface area contributed by atoms with Crippen LogP contribution in [0, 0.1) is 29.1 Å². The smallest absolute Gasteiger partial charge is 0.352 e. The average molecular weight is 1300 g/mol. The monoisotopic (exact) mass is 1300 g/mol. The van der Waals surface area contributed by atoms with Gasteiger partial charge in [-0.05, 0) is 118 Å². The number of aliphatic hydroxyl groups is 3. The van der Waals surface area contributed by atoms with Crippen LogP contribution in [0.15, 0.2) is 126 Å².